The van der Waals surface area contributed by atoms with Gasteiger partial charge in [0.2, 0.25) is 0 Å². The second-order valence-corrected chi connectivity index (χ2v) is 9.51. The number of amides is 1. The van der Waals surface area contributed by atoms with E-state index in [4.69, 9.17) is 9.47 Å². The molecular formula is C28H22BrNO5. The van der Waals surface area contributed by atoms with E-state index in [1.54, 1.807) is 24.3 Å². The van der Waals surface area contributed by atoms with E-state index < -0.39 is 29.3 Å². The van der Waals surface area contributed by atoms with Crippen LogP contribution in [0.2, 0.25) is 0 Å². The van der Waals surface area contributed by atoms with Crippen molar-refractivity contribution in [1.82, 2.24) is 0 Å². The zero-order chi connectivity index (χ0) is 24.7. The van der Waals surface area contributed by atoms with E-state index in [9.17, 15) is 14.4 Å². The molecular weight excluding hydrogens is 510 g/mol. The van der Waals surface area contributed by atoms with Gasteiger partial charge in [0, 0.05) is 22.1 Å². The van der Waals surface area contributed by atoms with Gasteiger partial charge in [0.1, 0.15) is 11.9 Å². The van der Waals surface area contributed by atoms with Crippen LogP contribution in [0.3, 0.4) is 0 Å². The van der Waals surface area contributed by atoms with Crippen molar-refractivity contribution in [3.63, 3.8) is 0 Å². The molecule has 2 atom stereocenters. The van der Waals surface area contributed by atoms with E-state index in [1.165, 1.54) is 12.0 Å². The van der Waals surface area contributed by atoms with Crippen molar-refractivity contribution in [2.45, 2.75) is 25.0 Å². The molecule has 0 unspecified atom stereocenters. The molecule has 3 aromatic rings. The Morgan fingerprint density at radius 1 is 1.00 bits per heavy atom. The molecule has 0 bridgehead atoms. The van der Waals surface area contributed by atoms with Crippen LogP contribution in [0.15, 0.2) is 88.9 Å². The van der Waals surface area contributed by atoms with Crippen molar-refractivity contribution < 1.29 is 23.9 Å². The Balaban J connectivity index is 1.81. The molecule has 1 fully saturated rings. The highest BCUT2D eigenvalue weighted by Crippen LogP contribution is 2.52. The fourth-order valence-electron chi connectivity index (χ4n) is 4.82. The molecule has 1 saturated heterocycles. The molecule has 2 heterocycles. The van der Waals surface area contributed by atoms with E-state index in [-0.39, 0.29) is 17.8 Å². The quantitative estimate of drug-likeness (QED) is 0.343. The Morgan fingerprint density at radius 3 is 2.29 bits per heavy atom. The number of Topliss-reactive ketones (excluding diaryl/α,β-unsaturated/α-hetero) is 1. The van der Waals surface area contributed by atoms with Crippen LogP contribution in [0, 0.1) is 6.92 Å². The van der Waals surface area contributed by atoms with E-state index in [2.05, 4.69) is 15.9 Å². The predicted molar refractivity (Wildman–Crippen MR) is 134 cm³/mol. The summed E-state index contributed by atoms with van der Waals surface area (Å²) in [6.45, 7) is 1.95. The molecule has 0 radical (unpaired) electrons. The van der Waals surface area contributed by atoms with Crippen LogP contribution in [0.1, 0.15) is 29.2 Å². The highest BCUT2D eigenvalue weighted by Gasteiger charge is 2.65. The van der Waals surface area contributed by atoms with Crippen LogP contribution in [0.25, 0.3) is 5.76 Å². The van der Waals surface area contributed by atoms with Gasteiger partial charge in [-0.1, -0.05) is 76.1 Å². The van der Waals surface area contributed by atoms with Crippen LogP contribution < -0.4 is 4.90 Å². The Hall–Kier alpha value is -3.71. The number of ether oxygens (including phenoxy) is 2. The maximum absolute atomic E-state index is 13.7. The summed E-state index contributed by atoms with van der Waals surface area (Å²) in [4.78, 5) is 42.0. The Morgan fingerprint density at radius 2 is 1.66 bits per heavy atom. The molecule has 3 aromatic carbocycles. The van der Waals surface area contributed by atoms with E-state index in [0.29, 0.717) is 11.3 Å². The van der Waals surface area contributed by atoms with E-state index >= 15 is 0 Å². The van der Waals surface area contributed by atoms with Gasteiger partial charge in [-0.05, 0) is 36.8 Å². The number of benzene rings is 3. The van der Waals surface area contributed by atoms with Crippen molar-refractivity contribution in [3.05, 3.63) is 106 Å². The normalized spacial score (nSPS) is 21.6. The number of hydrogen-bond acceptors (Lipinski definition) is 5. The molecule has 6 nitrogen and oxygen atoms in total. The maximum atomic E-state index is 13.7. The minimum Gasteiger partial charge on any atom is -0.484 e. The topological polar surface area (TPSA) is 72.9 Å². The summed E-state index contributed by atoms with van der Waals surface area (Å²) in [5, 5.41) is 0. The zero-order valence-corrected chi connectivity index (χ0v) is 20.7. The number of halogens is 1. The number of fused-ring (bicyclic) bond motifs is 1. The molecule has 2 aliphatic rings. The SMILES string of the molecule is COC(=O)[C@@]12C[C@H](c3ccccc3)OC(c3ccc(C)cc3)=C1C(=O)C(=O)N2c1ccc(Br)cc1. The largest absolute Gasteiger partial charge is 0.484 e. The molecule has 0 aromatic heterocycles. The summed E-state index contributed by atoms with van der Waals surface area (Å²) in [5.41, 5.74) is 1.20. The Bertz CT molecular complexity index is 1350. The average molecular weight is 532 g/mol. The minimum atomic E-state index is -1.68. The van der Waals surface area contributed by atoms with Gasteiger partial charge in [-0.15, -0.1) is 0 Å². The van der Waals surface area contributed by atoms with Crippen LogP contribution in [-0.4, -0.2) is 30.3 Å². The number of carbonyl (C=O) groups is 3. The van der Waals surface area contributed by atoms with Crippen molar-refractivity contribution in [3.8, 4) is 0 Å². The lowest BCUT2D eigenvalue weighted by molar-refractivity contribution is -0.147. The number of aryl methyl sites for hydroxylation is 1. The van der Waals surface area contributed by atoms with Crippen molar-refractivity contribution in [1.29, 1.82) is 0 Å². The lowest BCUT2D eigenvalue weighted by Crippen LogP contribution is -2.56. The number of methoxy groups -OCH3 is 1. The first-order valence-corrected chi connectivity index (χ1v) is 11.9. The minimum absolute atomic E-state index is 0.00769. The van der Waals surface area contributed by atoms with Gasteiger partial charge in [-0.2, -0.15) is 0 Å². The van der Waals surface area contributed by atoms with Crippen LogP contribution in [0.4, 0.5) is 5.69 Å². The molecule has 176 valence electrons. The monoisotopic (exact) mass is 531 g/mol. The lowest BCUT2D eigenvalue weighted by Gasteiger charge is -2.42. The lowest BCUT2D eigenvalue weighted by atomic mass is 9.78. The highest BCUT2D eigenvalue weighted by molar-refractivity contribution is 9.10. The number of nitrogens with zero attached hydrogens (tertiary/aromatic N) is 1. The first-order chi connectivity index (χ1) is 16.9. The van der Waals surface area contributed by atoms with E-state index in [0.717, 1.165) is 15.6 Å². The molecule has 0 saturated carbocycles. The zero-order valence-electron chi connectivity index (χ0n) is 19.2. The summed E-state index contributed by atoms with van der Waals surface area (Å²) < 4.78 is 12.5. The number of rotatable bonds is 4. The van der Waals surface area contributed by atoms with Crippen molar-refractivity contribution in [2.24, 2.45) is 0 Å². The number of anilines is 1. The first-order valence-electron chi connectivity index (χ1n) is 11.1. The fraction of sp³-hybridized carbons (Fsp3) is 0.179. The van der Waals surface area contributed by atoms with Gasteiger partial charge in [0.05, 0.1) is 12.7 Å². The van der Waals surface area contributed by atoms with Gasteiger partial charge in [-0.25, -0.2) is 4.79 Å². The van der Waals surface area contributed by atoms with Gasteiger partial charge in [0.25, 0.3) is 5.78 Å². The second-order valence-electron chi connectivity index (χ2n) is 8.59. The van der Waals surface area contributed by atoms with Gasteiger partial charge in [0.15, 0.2) is 5.54 Å². The molecule has 35 heavy (non-hydrogen) atoms. The van der Waals surface area contributed by atoms with Gasteiger partial charge < -0.3 is 9.47 Å². The smallest absolute Gasteiger partial charge is 0.337 e. The molecule has 0 aliphatic carbocycles. The third-order valence-electron chi connectivity index (χ3n) is 6.48. The standard InChI is InChI=1S/C28H22BrNO5/c1-17-8-10-19(11-9-17)25-23-24(31)26(32)30(21-14-12-20(29)13-15-21)28(23,27(33)34-2)16-22(35-25)18-6-4-3-5-7-18/h3-15,22H,16H2,1-2H3/t22-,28-/m1/s1. The van der Waals surface area contributed by atoms with Gasteiger partial charge >= 0.3 is 11.9 Å². The highest BCUT2D eigenvalue weighted by atomic mass is 79.9. The number of hydrogen-bond donors (Lipinski definition) is 0. The predicted octanol–water partition coefficient (Wildman–Crippen LogP) is 5.16. The van der Waals surface area contributed by atoms with Crippen molar-refractivity contribution >= 4 is 45.0 Å². The average Bonchev–Trinajstić information content (AvgIpc) is 3.12. The first kappa shape index (κ1) is 23.1. The summed E-state index contributed by atoms with van der Waals surface area (Å²) in [5.74, 6) is -2.05. The maximum Gasteiger partial charge on any atom is 0.337 e. The summed E-state index contributed by atoms with van der Waals surface area (Å²) in [6, 6.07) is 23.8. The number of ketones is 1. The fourth-order valence-corrected chi connectivity index (χ4v) is 5.09. The molecule has 0 spiro atoms. The Labute approximate surface area is 211 Å². The van der Waals surface area contributed by atoms with Crippen LogP contribution in [-0.2, 0) is 23.9 Å². The van der Waals surface area contributed by atoms with Gasteiger partial charge in [-0.3, -0.25) is 14.5 Å². The second kappa shape index (κ2) is 8.82. The van der Waals surface area contributed by atoms with Crippen LogP contribution >= 0.6 is 15.9 Å². The molecule has 1 amide bonds. The third-order valence-corrected chi connectivity index (χ3v) is 7.01. The Kier molecular flexibility index (Phi) is 5.81. The number of esters is 1. The summed E-state index contributed by atoms with van der Waals surface area (Å²) >= 11 is 3.40. The molecule has 2 aliphatic heterocycles. The summed E-state index contributed by atoms with van der Waals surface area (Å²) in [6.07, 6.45) is -0.575. The van der Waals surface area contributed by atoms with Crippen molar-refractivity contribution in [2.75, 3.05) is 12.0 Å². The molecule has 5 rings (SSSR count). The third kappa shape index (κ3) is 3.67. The molecule has 0 N–H and O–H groups in total. The molecule has 7 heteroatoms. The van der Waals surface area contributed by atoms with Crippen LogP contribution in [0.5, 0.6) is 0 Å². The summed E-state index contributed by atoms with van der Waals surface area (Å²) in [7, 11) is 1.26. The number of carbonyl (C=O) groups excluding carboxylic acids is 3. The van der Waals surface area contributed by atoms with E-state index in [1.807, 2.05) is 61.5 Å².